The summed E-state index contributed by atoms with van der Waals surface area (Å²) in [7, 11) is -2.14. The molecule has 3 heteroatoms. The maximum atomic E-state index is 2.58. The van der Waals surface area contributed by atoms with Crippen LogP contribution in [-0.2, 0) is 12.8 Å². The highest BCUT2D eigenvalue weighted by Crippen LogP contribution is 2.57. The van der Waals surface area contributed by atoms with Crippen LogP contribution in [0, 0.1) is 0 Å². The molecule has 0 aliphatic carbocycles. The Balaban J connectivity index is 1.61. The maximum Gasteiger partial charge on any atom is 0.117 e. The molecule has 1 aliphatic rings. The van der Waals surface area contributed by atoms with Crippen LogP contribution in [0.15, 0.2) is 115 Å². The molecule has 3 aromatic carbocycles. The average molecular weight is 585 g/mol. The Morgan fingerprint density at radius 2 is 1.22 bits per heavy atom. The van der Waals surface area contributed by atoms with Crippen LogP contribution in [0.25, 0.3) is 27.6 Å². The second-order valence-corrected chi connectivity index (χ2v) is 17.6. The number of hydrogen-bond donors (Lipinski definition) is 0. The molecule has 0 atom stereocenters. The minimum absolute atomic E-state index is 0.977. The lowest BCUT2D eigenvalue weighted by Gasteiger charge is -2.24. The zero-order valence-corrected chi connectivity index (χ0v) is 26.9. The highest BCUT2D eigenvalue weighted by molar-refractivity contribution is 7.24. The van der Waals surface area contributed by atoms with E-state index in [2.05, 4.69) is 148 Å². The van der Waals surface area contributed by atoms with Crippen LogP contribution in [0.1, 0.15) is 55.6 Å². The van der Waals surface area contributed by atoms with Gasteiger partial charge in [-0.2, -0.15) is 0 Å². The molecule has 0 fully saturated rings. The van der Waals surface area contributed by atoms with Crippen LogP contribution < -0.4 is 0 Å². The van der Waals surface area contributed by atoms with E-state index in [0.717, 1.165) is 12.8 Å². The molecular weight excluding hydrogens is 549 g/mol. The molecule has 204 valence electrons. The van der Waals surface area contributed by atoms with Crippen LogP contribution in [0.5, 0.6) is 0 Å². The van der Waals surface area contributed by atoms with E-state index in [1.807, 2.05) is 22.7 Å². The van der Waals surface area contributed by atoms with E-state index in [1.165, 1.54) is 52.9 Å². The molecule has 6 rings (SSSR count). The van der Waals surface area contributed by atoms with Crippen molar-refractivity contribution in [3.8, 4) is 0 Å². The van der Waals surface area contributed by atoms with Crippen LogP contribution in [0.2, 0.25) is 13.1 Å². The lowest BCUT2D eigenvalue weighted by Crippen LogP contribution is -2.27. The van der Waals surface area contributed by atoms with E-state index >= 15 is 0 Å². The summed E-state index contributed by atoms with van der Waals surface area (Å²) in [6.45, 7) is 9.56. The molecule has 41 heavy (non-hydrogen) atoms. The van der Waals surface area contributed by atoms with Gasteiger partial charge < -0.3 is 0 Å². The van der Waals surface area contributed by atoms with Crippen molar-refractivity contribution in [2.75, 3.05) is 0 Å². The van der Waals surface area contributed by atoms with E-state index in [-0.39, 0.29) is 0 Å². The SMILES string of the molecule is C/C=C/c1sc(C2=C(c3ccccc3)C(c3ccccc3)=C(c3ccc(Cc4ccccc4)s3)[Si]2(C)C)cc1CC. The van der Waals surface area contributed by atoms with Gasteiger partial charge >= 0.3 is 0 Å². The third-order valence-electron chi connectivity index (χ3n) is 8.04. The molecule has 2 aromatic heterocycles. The summed E-state index contributed by atoms with van der Waals surface area (Å²) in [5, 5.41) is 3.15. The fraction of sp³-hybridized carbons (Fsp3) is 0.158. The number of rotatable bonds is 8. The third kappa shape index (κ3) is 5.30. The third-order valence-corrected chi connectivity index (χ3v) is 14.2. The molecule has 0 nitrogen and oxygen atoms in total. The highest BCUT2D eigenvalue weighted by atomic mass is 32.1. The van der Waals surface area contributed by atoms with Gasteiger partial charge in [-0.3, -0.25) is 0 Å². The van der Waals surface area contributed by atoms with Gasteiger partial charge in [-0.25, -0.2) is 0 Å². The Morgan fingerprint density at radius 3 is 1.78 bits per heavy atom. The molecule has 3 heterocycles. The van der Waals surface area contributed by atoms with Crippen molar-refractivity contribution < 1.29 is 0 Å². The summed E-state index contributed by atoms with van der Waals surface area (Å²) in [6.07, 6.45) is 6.49. The molecule has 0 saturated carbocycles. The van der Waals surface area contributed by atoms with Gasteiger partial charge in [0.2, 0.25) is 0 Å². The molecule has 0 unspecified atom stereocenters. The minimum Gasteiger partial charge on any atom is -0.141 e. The van der Waals surface area contributed by atoms with Gasteiger partial charge in [-0.1, -0.05) is 117 Å². The Hall–Kier alpha value is -3.50. The first-order chi connectivity index (χ1) is 20.0. The van der Waals surface area contributed by atoms with Crippen molar-refractivity contribution >= 4 is 58.4 Å². The first-order valence-corrected chi connectivity index (χ1v) is 19.1. The number of thiophene rings is 2. The van der Waals surface area contributed by atoms with Crippen molar-refractivity contribution in [2.24, 2.45) is 0 Å². The molecule has 0 radical (unpaired) electrons. The Bertz CT molecular complexity index is 1750. The number of aryl methyl sites for hydroxylation is 1. The zero-order chi connectivity index (χ0) is 28.4. The smallest absolute Gasteiger partial charge is 0.117 e. The number of hydrogen-bond acceptors (Lipinski definition) is 2. The van der Waals surface area contributed by atoms with Gasteiger partial charge in [0.1, 0.15) is 8.07 Å². The second-order valence-electron chi connectivity index (χ2n) is 11.1. The van der Waals surface area contributed by atoms with E-state index in [0.29, 0.717) is 0 Å². The molecule has 0 spiro atoms. The first kappa shape index (κ1) is 27.7. The molecule has 0 saturated heterocycles. The molecule has 0 bridgehead atoms. The van der Waals surface area contributed by atoms with Crippen molar-refractivity contribution in [3.05, 3.63) is 157 Å². The van der Waals surface area contributed by atoms with E-state index in [9.17, 15) is 0 Å². The van der Waals surface area contributed by atoms with Crippen molar-refractivity contribution in [1.82, 2.24) is 0 Å². The van der Waals surface area contributed by atoms with Crippen LogP contribution in [0.3, 0.4) is 0 Å². The van der Waals surface area contributed by atoms with Gasteiger partial charge in [0.05, 0.1) is 0 Å². The minimum atomic E-state index is -2.14. The average Bonchev–Trinajstić information content (AvgIpc) is 3.68. The molecular formula is C38H36S2Si. The van der Waals surface area contributed by atoms with E-state index in [1.54, 1.807) is 10.4 Å². The predicted molar refractivity (Wildman–Crippen MR) is 186 cm³/mol. The molecule has 1 aliphatic heterocycles. The van der Waals surface area contributed by atoms with Crippen molar-refractivity contribution in [2.45, 2.75) is 39.8 Å². The summed E-state index contributed by atoms with van der Waals surface area (Å²) >= 11 is 3.96. The number of allylic oxidation sites excluding steroid dienone is 3. The number of benzene rings is 3. The predicted octanol–water partition coefficient (Wildman–Crippen LogP) is 11.3. The summed E-state index contributed by atoms with van der Waals surface area (Å²) in [4.78, 5) is 5.68. The summed E-state index contributed by atoms with van der Waals surface area (Å²) in [6, 6.07) is 40.4. The van der Waals surface area contributed by atoms with E-state index in [4.69, 9.17) is 0 Å². The Morgan fingerprint density at radius 1 is 0.659 bits per heavy atom. The van der Waals surface area contributed by atoms with Crippen molar-refractivity contribution in [3.63, 3.8) is 0 Å². The summed E-state index contributed by atoms with van der Waals surface area (Å²) in [5.41, 5.74) is 8.30. The topological polar surface area (TPSA) is 0 Å². The van der Waals surface area contributed by atoms with Crippen LogP contribution in [0.4, 0.5) is 0 Å². The zero-order valence-electron chi connectivity index (χ0n) is 24.3. The normalized spacial score (nSPS) is 14.9. The van der Waals surface area contributed by atoms with E-state index < -0.39 is 8.07 Å². The largest absolute Gasteiger partial charge is 0.141 e. The summed E-state index contributed by atoms with van der Waals surface area (Å²) in [5.74, 6) is 0. The van der Waals surface area contributed by atoms with Gasteiger partial charge in [0, 0.05) is 25.9 Å². The lowest BCUT2D eigenvalue weighted by molar-refractivity contribution is 1.15. The van der Waals surface area contributed by atoms with Crippen LogP contribution >= 0.6 is 22.7 Å². The fourth-order valence-electron chi connectivity index (χ4n) is 6.19. The first-order valence-electron chi connectivity index (χ1n) is 14.5. The highest BCUT2D eigenvalue weighted by Gasteiger charge is 2.45. The summed E-state index contributed by atoms with van der Waals surface area (Å²) < 4.78 is 0. The Kier molecular flexibility index (Phi) is 7.94. The standard InChI is InChI=1S/C38H36S2Si/c1-5-16-32-28(6-2)26-34(40-32)38-36(30-21-14-9-15-22-30)35(29-19-12-8-13-20-29)37(41(38,3)4)33-24-23-31(39-33)25-27-17-10-7-11-18-27/h5,7-24,26H,6,25H2,1-4H3/b16-5+. The monoisotopic (exact) mass is 584 g/mol. The maximum absolute atomic E-state index is 2.58. The molecule has 0 N–H and O–H groups in total. The van der Waals surface area contributed by atoms with Gasteiger partial charge in [-0.15, -0.1) is 22.7 Å². The Labute approximate surface area is 254 Å². The van der Waals surface area contributed by atoms with Gasteiger partial charge in [0.25, 0.3) is 0 Å². The lowest BCUT2D eigenvalue weighted by atomic mass is 9.91. The van der Waals surface area contributed by atoms with Crippen molar-refractivity contribution in [1.29, 1.82) is 0 Å². The fourth-order valence-corrected chi connectivity index (χ4v) is 13.6. The second kappa shape index (κ2) is 11.8. The van der Waals surface area contributed by atoms with Gasteiger partial charge in [-0.05, 0) is 81.4 Å². The van der Waals surface area contributed by atoms with Crippen LogP contribution in [-0.4, -0.2) is 8.07 Å². The quantitative estimate of drug-likeness (QED) is 0.159. The molecule has 0 amide bonds. The van der Waals surface area contributed by atoms with Gasteiger partial charge in [0.15, 0.2) is 0 Å². The molecule has 5 aromatic rings.